The number of unbranched alkanes of at least 4 members (excludes halogenated alkanes) is 1. The molecule has 0 aliphatic carbocycles. The number of hydrogen-bond donors (Lipinski definition) is 1. The van der Waals surface area contributed by atoms with Crippen molar-refractivity contribution in [3.8, 4) is 0 Å². The largest absolute Gasteiger partial charge is 0.395 e. The molecule has 3 nitrogen and oxygen atoms in total. The van der Waals surface area contributed by atoms with Crippen molar-refractivity contribution in [3.05, 3.63) is 0 Å². The van der Waals surface area contributed by atoms with Gasteiger partial charge >= 0.3 is 0 Å². The number of nitrogens with zero attached hydrogens (tertiary/aromatic N) is 2. The molecule has 15 heavy (non-hydrogen) atoms. The first-order valence-electron chi connectivity index (χ1n) is 6.24. The second-order valence-corrected chi connectivity index (χ2v) is 4.79. The molecule has 0 aromatic heterocycles. The lowest BCUT2D eigenvalue weighted by Gasteiger charge is -2.30. The van der Waals surface area contributed by atoms with Gasteiger partial charge in [-0.25, -0.2) is 0 Å². The number of likely N-dealkylation sites (N-methyl/N-ethyl adjacent to an activating group) is 1. The third-order valence-corrected chi connectivity index (χ3v) is 3.64. The van der Waals surface area contributed by atoms with Gasteiger partial charge in [0, 0.05) is 18.6 Å². The molecular formula is C12H26N2O. The summed E-state index contributed by atoms with van der Waals surface area (Å²) in [6.45, 7) is 8.17. The lowest BCUT2D eigenvalue weighted by molar-refractivity contribution is 0.109. The van der Waals surface area contributed by atoms with Gasteiger partial charge in [0.15, 0.2) is 0 Å². The van der Waals surface area contributed by atoms with Gasteiger partial charge in [0.25, 0.3) is 0 Å². The Balaban J connectivity index is 2.49. The summed E-state index contributed by atoms with van der Waals surface area (Å²) in [4.78, 5) is 4.83. The van der Waals surface area contributed by atoms with Crippen LogP contribution in [0.4, 0.5) is 0 Å². The van der Waals surface area contributed by atoms with Gasteiger partial charge in [-0.1, -0.05) is 13.3 Å². The standard InChI is InChI=1S/C12H26N2O/c1-4-5-7-14-8-6-11(2)13(3)12(9-14)10-15/h11-12,15H,4-10H2,1-3H3. The van der Waals surface area contributed by atoms with E-state index >= 15 is 0 Å². The van der Waals surface area contributed by atoms with E-state index in [0.29, 0.717) is 12.1 Å². The Hall–Kier alpha value is -0.120. The normalized spacial score (nSPS) is 30.4. The highest BCUT2D eigenvalue weighted by Crippen LogP contribution is 2.14. The van der Waals surface area contributed by atoms with E-state index < -0.39 is 0 Å². The van der Waals surface area contributed by atoms with Crippen LogP contribution in [0.2, 0.25) is 0 Å². The van der Waals surface area contributed by atoms with E-state index in [9.17, 15) is 5.11 Å². The van der Waals surface area contributed by atoms with E-state index in [-0.39, 0.29) is 6.61 Å². The Labute approximate surface area is 94.1 Å². The zero-order chi connectivity index (χ0) is 11.3. The number of aliphatic hydroxyl groups is 1. The van der Waals surface area contributed by atoms with Crippen molar-refractivity contribution < 1.29 is 5.11 Å². The molecule has 1 fully saturated rings. The minimum absolute atomic E-state index is 0.281. The number of hydrogen-bond acceptors (Lipinski definition) is 3. The lowest BCUT2D eigenvalue weighted by Crippen LogP contribution is -2.44. The molecule has 1 aliphatic rings. The molecule has 0 spiro atoms. The summed E-state index contributed by atoms with van der Waals surface area (Å²) in [6.07, 6.45) is 3.75. The monoisotopic (exact) mass is 214 g/mol. The molecule has 1 rings (SSSR count). The predicted molar refractivity (Wildman–Crippen MR) is 64.1 cm³/mol. The van der Waals surface area contributed by atoms with Crippen LogP contribution in [0.1, 0.15) is 33.1 Å². The third-order valence-electron chi connectivity index (χ3n) is 3.64. The summed E-state index contributed by atoms with van der Waals surface area (Å²) in [5.74, 6) is 0. The van der Waals surface area contributed by atoms with Crippen LogP contribution in [0.5, 0.6) is 0 Å². The molecule has 0 radical (unpaired) electrons. The minimum Gasteiger partial charge on any atom is -0.395 e. The highest BCUT2D eigenvalue weighted by Gasteiger charge is 2.25. The zero-order valence-electron chi connectivity index (χ0n) is 10.4. The van der Waals surface area contributed by atoms with Crippen molar-refractivity contribution in [3.63, 3.8) is 0 Å². The quantitative estimate of drug-likeness (QED) is 0.761. The minimum atomic E-state index is 0.281. The maximum Gasteiger partial charge on any atom is 0.0599 e. The molecule has 0 bridgehead atoms. The maximum absolute atomic E-state index is 9.38. The SMILES string of the molecule is CCCCN1CCC(C)N(C)C(CO)C1. The third kappa shape index (κ3) is 3.74. The van der Waals surface area contributed by atoms with Crippen LogP contribution < -0.4 is 0 Å². The molecule has 1 aliphatic heterocycles. The van der Waals surface area contributed by atoms with Gasteiger partial charge in [-0.15, -0.1) is 0 Å². The molecule has 0 saturated carbocycles. The Bertz CT molecular complexity index is 175. The van der Waals surface area contributed by atoms with Crippen LogP contribution >= 0.6 is 0 Å². The lowest BCUT2D eigenvalue weighted by atomic mass is 10.2. The first kappa shape index (κ1) is 12.9. The fraction of sp³-hybridized carbons (Fsp3) is 1.00. The van der Waals surface area contributed by atoms with E-state index in [1.165, 1.54) is 32.4 Å². The summed E-state index contributed by atoms with van der Waals surface area (Å²) in [6, 6.07) is 0.910. The average Bonchev–Trinajstić information content (AvgIpc) is 2.38. The zero-order valence-corrected chi connectivity index (χ0v) is 10.4. The molecule has 2 atom stereocenters. The molecule has 1 N–H and O–H groups in total. The van der Waals surface area contributed by atoms with Gasteiger partial charge in [-0.05, 0) is 39.9 Å². The van der Waals surface area contributed by atoms with Crippen LogP contribution in [0, 0.1) is 0 Å². The topological polar surface area (TPSA) is 26.7 Å². The van der Waals surface area contributed by atoms with Gasteiger partial charge in [-0.2, -0.15) is 0 Å². The van der Waals surface area contributed by atoms with Crippen LogP contribution in [0.25, 0.3) is 0 Å². The molecule has 0 amide bonds. The molecular weight excluding hydrogens is 188 g/mol. The molecule has 1 saturated heterocycles. The summed E-state index contributed by atoms with van der Waals surface area (Å²) in [5, 5.41) is 9.38. The molecule has 90 valence electrons. The first-order valence-corrected chi connectivity index (χ1v) is 6.24. The molecule has 0 aromatic carbocycles. The van der Waals surface area contributed by atoms with Crippen LogP contribution in [0.3, 0.4) is 0 Å². The summed E-state index contributed by atoms with van der Waals surface area (Å²) in [5.41, 5.74) is 0. The van der Waals surface area contributed by atoms with E-state index in [2.05, 4.69) is 30.7 Å². The fourth-order valence-corrected chi connectivity index (χ4v) is 2.22. The Morgan fingerprint density at radius 3 is 2.73 bits per heavy atom. The summed E-state index contributed by atoms with van der Waals surface area (Å²) < 4.78 is 0. The van der Waals surface area contributed by atoms with E-state index in [1.54, 1.807) is 0 Å². The predicted octanol–water partition coefficient (Wildman–Crippen LogP) is 1.17. The Kier molecular flexibility index (Phi) is 5.58. The number of aliphatic hydroxyl groups excluding tert-OH is 1. The highest BCUT2D eigenvalue weighted by atomic mass is 16.3. The molecule has 2 unspecified atom stereocenters. The smallest absolute Gasteiger partial charge is 0.0599 e. The van der Waals surface area contributed by atoms with Gasteiger partial charge < -0.3 is 10.0 Å². The highest BCUT2D eigenvalue weighted by molar-refractivity contribution is 4.81. The van der Waals surface area contributed by atoms with E-state index in [4.69, 9.17) is 0 Å². The van der Waals surface area contributed by atoms with Gasteiger partial charge in [0.2, 0.25) is 0 Å². The fourth-order valence-electron chi connectivity index (χ4n) is 2.22. The summed E-state index contributed by atoms with van der Waals surface area (Å²) in [7, 11) is 2.13. The van der Waals surface area contributed by atoms with Crippen LogP contribution in [0.15, 0.2) is 0 Å². The van der Waals surface area contributed by atoms with Gasteiger partial charge in [0.1, 0.15) is 0 Å². The van der Waals surface area contributed by atoms with Crippen LogP contribution in [-0.2, 0) is 0 Å². The van der Waals surface area contributed by atoms with Crippen molar-refractivity contribution in [1.29, 1.82) is 0 Å². The molecule has 0 aromatic rings. The maximum atomic E-state index is 9.38. The van der Waals surface area contributed by atoms with Gasteiger partial charge in [-0.3, -0.25) is 4.90 Å². The first-order chi connectivity index (χ1) is 7.19. The van der Waals surface area contributed by atoms with Crippen LogP contribution in [-0.4, -0.2) is 60.3 Å². The second kappa shape index (κ2) is 6.46. The van der Waals surface area contributed by atoms with Crippen molar-refractivity contribution >= 4 is 0 Å². The van der Waals surface area contributed by atoms with Crippen molar-refractivity contribution in [1.82, 2.24) is 9.80 Å². The molecule has 3 heteroatoms. The second-order valence-electron chi connectivity index (χ2n) is 4.79. The Morgan fingerprint density at radius 2 is 2.13 bits per heavy atom. The Morgan fingerprint density at radius 1 is 1.40 bits per heavy atom. The average molecular weight is 214 g/mol. The van der Waals surface area contributed by atoms with E-state index in [0.717, 1.165) is 6.54 Å². The number of rotatable bonds is 4. The van der Waals surface area contributed by atoms with Gasteiger partial charge in [0.05, 0.1) is 6.61 Å². The van der Waals surface area contributed by atoms with Crippen molar-refractivity contribution in [2.24, 2.45) is 0 Å². The van der Waals surface area contributed by atoms with Crippen molar-refractivity contribution in [2.45, 2.75) is 45.2 Å². The van der Waals surface area contributed by atoms with E-state index in [1.807, 2.05) is 0 Å². The molecule has 1 heterocycles. The van der Waals surface area contributed by atoms with Crippen molar-refractivity contribution in [2.75, 3.05) is 33.3 Å². The summed E-state index contributed by atoms with van der Waals surface area (Å²) >= 11 is 0.